The monoisotopic (exact) mass is 365 g/mol. The minimum absolute atomic E-state index is 0.0390. The third-order valence-electron chi connectivity index (χ3n) is 3.49. The van der Waals surface area contributed by atoms with E-state index in [0.29, 0.717) is 10.9 Å². The number of halogens is 4. The van der Waals surface area contributed by atoms with Crippen LogP contribution in [0.25, 0.3) is 0 Å². The summed E-state index contributed by atoms with van der Waals surface area (Å²) in [5, 5.41) is 3.49. The van der Waals surface area contributed by atoms with E-state index in [1.165, 1.54) is 0 Å². The van der Waals surface area contributed by atoms with Gasteiger partial charge in [0.25, 0.3) is 0 Å². The highest BCUT2D eigenvalue weighted by Crippen LogP contribution is 2.33. The van der Waals surface area contributed by atoms with E-state index in [4.69, 9.17) is 0 Å². The lowest BCUT2D eigenvalue weighted by molar-refractivity contribution is -0.137. The standard InChI is InChI=1S/C16H23BrF3N/c1-5-8-21-14(15(2,3)4)9-11-6-7-12(10-13(11)17)16(18,19)20/h6-7,10,14,21H,5,8-9H2,1-4H3. The van der Waals surface area contributed by atoms with Crippen molar-refractivity contribution >= 4 is 15.9 Å². The van der Waals surface area contributed by atoms with Gasteiger partial charge < -0.3 is 5.32 Å². The van der Waals surface area contributed by atoms with Crippen LogP contribution in [0.2, 0.25) is 0 Å². The maximum Gasteiger partial charge on any atom is 0.416 e. The van der Waals surface area contributed by atoms with Crippen molar-refractivity contribution in [3.05, 3.63) is 33.8 Å². The Hall–Kier alpha value is -0.550. The molecule has 1 aromatic carbocycles. The quantitative estimate of drug-likeness (QED) is 0.733. The third kappa shape index (κ3) is 5.62. The highest BCUT2D eigenvalue weighted by Gasteiger charge is 2.31. The van der Waals surface area contributed by atoms with Crippen molar-refractivity contribution in [1.82, 2.24) is 5.32 Å². The summed E-state index contributed by atoms with van der Waals surface area (Å²) < 4.78 is 38.6. The van der Waals surface area contributed by atoms with Gasteiger partial charge in [0, 0.05) is 10.5 Å². The normalized spacial score (nSPS) is 14.3. The van der Waals surface area contributed by atoms with E-state index in [9.17, 15) is 13.2 Å². The summed E-state index contributed by atoms with van der Waals surface area (Å²) in [5.41, 5.74) is 0.315. The van der Waals surface area contributed by atoms with E-state index in [1.54, 1.807) is 6.07 Å². The molecule has 0 amide bonds. The zero-order chi connectivity index (χ0) is 16.3. The van der Waals surface area contributed by atoms with Crippen molar-refractivity contribution < 1.29 is 13.2 Å². The molecule has 0 spiro atoms. The summed E-state index contributed by atoms with van der Waals surface area (Å²) in [7, 11) is 0. The number of benzene rings is 1. The van der Waals surface area contributed by atoms with Gasteiger partial charge in [-0.2, -0.15) is 13.2 Å². The van der Waals surface area contributed by atoms with Gasteiger partial charge in [0.05, 0.1) is 5.56 Å². The van der Waals surface area contributed by atoms with E-state index >= 15 is 0 Å². The van der Waals surface area contributed by atoms with Crippen molar-refractivity contribution in [2.24, 2.45) is 5.41 Å². The number of alkyl halides is 3. The van der Waals surface area contributed by atoms with Crippen molar-refractivity contribution in [2.75, 3.05) is 6.54 Å². The fourth-order valence-electron chi connectivity index (χ4n) is 2.11. The number of hydrogen-bond donors (Lipinski definition) is 1. The topological polar surface area (TPSA) is 12.0 Å². The maximum absolute atomic E-state index is 12.7. The molecule has 1 rings (SSSR count). The Kier molecular flexibility index (Phi) is 6.29. The molecule has 0 aliphatic carbocycles. The van der Waals surface area contributed by atoms with E-state index in [0.717, 1.165) is 30.7 Å². The Morgan fingerprint density at radius 2 is 1.81 bits per heavy atom. The SMILES string of the molecule is CCCNC(Cc1ccc(C(F)(F)F)cc1Br)C(C)(C)C. The van der Waals surface area contributed by atoms with E-state index in [2.05, 4.69) is 48.9 Å². The Bertz CT molecular complexity index is 464. The lowest BCUT2D eigenvalue weighted by Gasteiger charge is -2.32. The highest BCUT2D eigenvalue weighted by molar-refractivity contribution is 9.10. The van der Waals surface area contributed by atoms with Crippen LogP contribution in [0.3, 0.4) is 0 Å². The molecule has 1 nitrogen and oxygen atoms in total. The molecule has 0 heterocycles. The largest absolute Gasteiger partial charge is 0.416 e. The van der Waals surface area contributed by atoms with Crippen LogP contribution in [0, 0.1) is 5.41 Å². The van der Waals surface area contributed by atoms with Crippen LogP contribution >= 0.6 is 15.9 Å². The zero-order valence-electron chi connectivity index (χ0n) is 12.9. The molecule has 0 aromatic heterocycles. The maximum atomic E-state index is 12.7. The molecule has 1 unspecified atom stereocenters. The first-order chi connectivity index (χ1) is 9.55. The molecule has 0 bridgehead atoms. The molecular weight excluding hydrogens is 343 g/mol. The lowest BCUT2D eigenvalue weighted by atomic mass is 9.83. The van der Waals surface area contributed by atoms with Crippen LogP contribution in [0.4, 0.5) is 13.2 Å². The molecule has 0 fully saturated rings. The predicted octanol–water partition coefficient (Wildman–Crippen LogP) is 5.42. The third-order valence-corrected chi connectivity index (χ3v) is 4.23. The zero-order valence-corrected chi connectivity index (χ0v) is 14.5. The van der Waals surface area contributed by atoms with Crippen LogP contribution in [-0.4, -0.2) is 12.6 Å². The molecule has 0 radical (unpaired) electrons. The van der Waals surface area contributed by atoms with Gasteiger partial charge in [-0.3, -0.25) is 0 Å². The van der Waals surface area contributed by atoms with Gasteiger partial charge in [-0.05, 0) is 42.5 Å². The first-order valence-corrected chi connectivity index (χ1v) is 7.94. The van der Waals surface area contributed by atoms with Crippen LogP contribution in [0.15, 0.2) is 22.7 Å². The van der Waals surface area contributed by atoms with Crippen LogP contribution < -0.4 is 5.32 Å². The molecule has 0 saturated carbocycles. The summed E-state index contributed by atoms with van der Waals surface area (Å²) in [6, 6.07) is 4.10. The molecule has 0 saturated heterocycles. The number of nitrogens with one attached hydrogen (secondary N) is 1. The molecule has 0 aliphatic heterocycles. The van der Waals surface area contributed by atoms with Crippen LogP contribution in [0.1, 0.15) is 45.2 Å². The fourth-order valence-corrected chi connectivity index (χ4v) is 2.65. The lowest BCUT2D eigenvalue weighted by Crippen LogP contribution is -2.42. The summed E-state index contributed by atoms with van der Waals surface area (Å²) in [4.78, 5) is 0. The average Bonchev–Trinajstić information content (AvgIpc) is 2.33. The van der Waals surface area contributed by atoms with Crippen molar-refractivity contribution in [2.45, 2.75) is 52.8 Å². The summed E-state index contributed by atoms with van der Waals surface area (Å²) >= 11 is 3.28. The summed E-state index contributed by atoms with van der Waals surface area (Å²) in [6.45, 7) is 9.41. The Morgan fingerprint density at radius 1 is 1.19 bits per heavy atom. The predicted molar refractivity (Wildman–Crippen MR) is 84.4 cm³/mol. The molecular formula is C16H23BrF3N. The van der Waals surface area contributed by atoms with Crippen LogP contribution in [-0.2, 0) is 12.6 Å². The smallest absolute Gasteiger partial charge is 0.313 e. The molecule has 1 N–H and O–H groups in total. The summed E-state index contributed by atoms with van der Waals surface area (Å²) in [6.07, 6.45) is -2.58. The Labute approximate surface area is 133 Å². The van der Waals surface area contributed by atoms with Gasteiger partial charge in [0.15, 0.2) is 0 Å². The Morgan fingerprint density at radius 3 is 2.24 bits per heavy atom. The molecule has 21 heavy (non-hydrogen) atoms. The Balaban J connectivity index is 2.94. The molecule has 0 aliphatic rings. The van der Waals surface area contributed by atoms with Crippen LogP contribution in [0.5, 0.6) is 0 Å². The first kappa shape index (κ1) is 18.5. The molecule has 120 valence electrons. The van der Waals surface area contributed by atoms with E-state index in [1.807, 2.05) is 0 Å². The van der Waals surface area contributed by atoms with Crippen molar-refractivity contribution in [3.8, 4) is 0 Å². The fraction of sp³-hybridized carbons (Fsp3) is 0.625. The van der Waals surface area contributed by atoms with E-state index < -0.39 is 11.7 Å². The second-order valence-corrected chi connectivity index (χ2v) is 7.24. The van der Waals surface area contributed by atoms with Gasteiger partial charge in [-0.1, -0.05) is 49.7 Å². The molecule has 5 heteroatoms. The van der Waals surface area contributed by atoms with Gasteiger partial charge >= 0.3 is 6.18 Å². The van der Waals surface area contributed by atoms with Gasteiger partial charge in [-0.15, -0.1) is 0 Å². The first-order valence-electron chi connectivity index (χ1n) is 7.14. The van der Waals surface area contributed by atoms with E-state index in [-0.39, 0.29) is 11.5 Å². The van der Waals surface area contributed by atoms with Gasteiger partial charge in [0.2, 0.25) is 0 Å². The van der Waals surface area contributed by atoms with Crippen molar-refractivity contribution in [1.29, 1.82) is 0 Å². The molecule has 1 aromatic rings. The second kappa shape index (κ2) is 7.14. The van der Waals surface area contributed by atoms with Gasteiger partial charge in [-0.25, -0.2) is 0 Å². The average molecular weight is 366 g/mol. The molecule has 1 atom stereocenters. The van der Waals surface area contributed by atoms with Gasteiger partial charge in [0.1, 0.15) is 0 Å². The summed E-state index contributed by atoms with van der Waals surface area (Å²) in [5.74, 6) is 0. The second-order valence-electron chi connectivity index (χ2n) is 6.38. The number of hydrogen-bond acceptors (Lipinski definition) is 1. The highest BCUT2D eigenvalue weighted by atomic mass is 79.9. The van der Waals surface area contributed by atoms with Crippen molar-refractivity contribution in [3.63, 3.8) is 0 Å². The minimum Gasteiger partial charge on any atom is -0.313 e. The number of rotatable bonds is 5. The minimum atomic E-state index is -4.30.